The molecule has 1 aliphatic rings. The first-order valence-corrected chi connectivity index (χ1v) is 8.22. The smallest absolute Gasteiger partial charge is 0.260 e. The summed E-state index contributed by atoms with van der Waals surface area (Å²) in [5.41, 5.74) is 5.37. The fourth-order valence-electron chi connectivity index (χ4n) is 2.56. The monoisotopic (exact) mass is 393 g/mol. The van der Waals surface area contributed by atoms with Gasteiger partial charge in [-0.15, -0.1) is 12.4 Å². The molecule has 0 spiro atoms. The first kappa shape index (κ1) is 21.5. The molecule has 2 amide bonds. The molecular weight excluding hydrogens is 372 g/mol. The zero-order valence-electron chi connectivity index (χ0n) is 13.7. The third kappa shape index (κ3) is 6.34. The Labute approximate surface area is 157 Å². The Kier molecular flexibility index (Phi) is 8.96. The molecule has 140 valence electrons. The molecule has 9 heteroatoms. The average molecular weight is 394 g/mol. The number of hydrogen-bond acceptors (Lipinski definition) is 4. The van der Waals surface area contributed by atoms with Gasteiger partial charge in [-0.05, 0) is 25.0 Å². The lowest BCUT2D eigenvalue weighted by Crippen LogP contribution is -2.47. The number of hydrogen-bond donors (Lipinski definition) is 2. The molecule has 0 saturated carbocycles. The van der Waals surface area contributed by atoms with Gasteiger partial charge in [-0.3, -0.25) is 9.59 Å². The van der Waals surface area contributed by atoms with Crippen molar-refractivity contribution in [3.05, 3.63) is 29.0 Å². The standard InChI is InChI=1S/C16H21ClFN3O3.ClH/c17-13-8-12(3-4-14(13)18)24-10-15(22)21-7-1-2-11(9-21)16(23)20-6-5-19;/h3-4,8,11H,1-2,5-7,9-10,19H2,(H,20,23);1H. The van der Waals surface area contributed by atoms with Gasteiger partial charge in [0.15, 0.2) is 6.61 Å². The van der Waals surface area contributed by atoms with Gasteiger partial charge in [-0.2, -0.15) is 0 Å². The number of amides is 2. The van der Waals surface area contributed by atoms with Crippen LogP contribution < -0.4 is 15.8 Å². The summed E-state index contributed by atoms with van der Waals surface area (Å²) >= 11 is 5.67. The molecule has 0 aliphatic carbocycles. The van der Waals surface area contributed by atoms with Crippen LogP contribution in [-0.2, 0) is 9.59 Å². The zero-order valence-corrected chi connectivity index (χ0v) is 15.2. The van der Waals surface area contributed by atoms with Gasteiger partial charge < -0.3 is 20.7 Å². The summed E-state index contributed by atoms with van der Waals surface area (Å²) < 4.78 is 18.4. The summed E-state index contributed by atoms with van der Waals surface area (Å²) in [5, 5.41) is 2.69. The van der Waals surface area contributed by atoms with Gasteiger partial charge in [0.1, 0.15) is 11.6 Å². The van der Waals surface area contributed by atoms with Gasteiger partial charge in [-0.1, -0.05) is 11.6 Å². The predicted molar refractivity (Wildman–Crippen MR) is 95.5 cm³/mol. The van der Waals surface area contributed by atoms with Gasteiger partial charge in [0.2, 0.25) is 5.91 Å². The highest BCUT2D eigenvalue weighted by Crippen LogP contribution is 2.21. The summed E-state index contributed by atoms with van der Waals surface area (Å²) in [6.07, 6.45) is 1.50. The molecule has 1 saturated heterocycles. The van der Waals surface area contributed by atoms with Crippen LogP contribution in [0.15, 0.2) is 18.2 Å². The number of halogens is 3. The second-order valence-corrected chi connectivity index (χ2v) is 6.03. The van der Waals surface area contributed by atoms with Crippen LogP contribution in [0.2, 0.25) is 5.02 Å². The summed E-state index contributed by atoms with van der Waals surface area (Å²) in [6.45, 7) is 1.59. The van der Waals surface area contributed by atoms with E-state index in [1.165, 1.54) is 18.2 Å². The van der Waals surface area contributed by atoms with E-state index in [9.17, 15) is 14.0 Å². The third-order valence-electron chi connectivity index (χ3n) is 3.84. The number of carbonyl (C=O) groups is 2. The maximum Gasteiger partial charge on any atom is 0.260 e. The fraction of sp³-hybridized carbons (Fsp3) is 0.500. The molecule has 1 atom stereocenters. The number of rotatable bonds is 6. The van der Waals surface area contributed by atoms with E-state index in [2.05, 4.69) is 5.32 Å². The maximum absolute atomic E-state index is 13.1. The number of carbonyl (C=O) groups excluding carboxylic acids is 2. The number of nitrogens with one attached hydrogen (secondary N) is 1. The van der Waals surface area contributed by atoms with Crippen LogP contribution in [-0.4, -0.2) is 49.5 Å². The Balaban J connectivity index is 0.00000312. The highest BCUT2D eigenvalue weighted by molar-refractivity contribution is 6.30. The van der Waals surface area contributed by atoms with Gasteiger partial charge in [0.25, 0.3) is 5.91 Å². The molecule has 1 heterocycles. The number of likely N-dealkylation sites (tertiary alicyclic amines) is 1. The molecule has 3 N–H and O–H groups in total. The van der Waals surface area contributed by atoms with E-state index in [1.54, 1.807) is 4.90 Å². The van der Waals surface area contributed by atoms with Crippen molar-refractivity contribution in [2.24, 2.45) is 11.7 Å². The van der Waals surface area contributed by atoms with Crippen molar-refractivity contribution < 1.29 is 18.7 Å². The number of nitrogens with zero attached hydrogens (tertiary/aromatic N) is 1. The lowest BCUT2D eigenvalue weighted by Gasteiger charge is -2.32. The lowest BCUT2D eigenvalue weighted by atomic mass is 9.97. The van der Waals surface area contributed by atoms with Crippen molar-refractivity contribution in [1.29, 1.82) is 0 Å². The van der Waals surface area contributed by atoms with Crippen molar-refractivity contribution in [2.75, 3.05) is 32.8 Å². The van der Waals surface area contributed by atoms with Crippen LogP contribution in [0.3, 0.4) is 0 Å². The number of piperidine rings is 1. The minimum atomic E-state index is -0.544. The van der Waals surface area contributed by atoms with E-state index >= 15 is 0 Å². The van der Waals surface area contributed by atoms with Crippen molar-refractivity contribution in [2.45, 2.75) is 12.8 Å². The number of ether oxygens (including phenoxy) is 1. The van der Waals surface area contributed by atoms with E-state index in [0.29, 0.717) is 31.9 Å². The minimum Gasteiger partial charge on any atom is -0.484 e. The molecule has 1 fully saturated rings. The van der Waals surface area contributed by atoms with E-state index in [0.717, 1.165) is 12.8 Å². The minimum absolute atomic E-state index is 0. The fourth-order valence-corrected chi connectivity index (χ4v) is 2.73. The van der Waals surface area contributed by atoms with Crippen molar-refractivity contribution in [3.8, 4) is 5.75 Å². The van der Waals surface area contributed by atoms with E-state index in [1.807, 2.05) is 0 Å². The molecular formula is C16H22Cl2FN3O3. The number of nitrogens with two attached hydrogens (primary N) is 1. The Morgan fingerprint density at radius 2 is 2.20 bits per heavy atom. The van der Waals surface area contributed by atoms with Crippen LogP contribution in [0, 0.1) is 11.7 Å². The predicted octanol–water partition coefficient (Wildman–Crippen LogP) is 1.59. The van der Waals surface area contributed by atoms with Crippen LogP contribution in [0.4, 0.5) is 4.39 Å². The van der Waals surface area contributed by atoms with Gasteiger partial charge in [-0.25, -0.2) is 4.39 Å². The average Bonchev–Trinajstić information content (AvgIpc) is 2.60. The highest BCUT2D eigenvalue weighted by Gasteiger charge is 2.28. The maximum atomic E-state index is 13.1. The third-order valence-corrected chi connectivity index (χ3v) is 4.13. The van der Waals surface area contributed by atoms with E-state index < -0.39 is 5.82 Å². The van der Waals surface area contributed by atoms with E-state index in [4.69, 9.17) is 22.1 Å². The molecule has 6 nitrogen and oxygen atoms in total. The zero-order chi connectivity index (χ0) is 17.5. The Morgan fingerprint density at radius 3 is 2.88 bits per heavy atom. The first-order valence-electron chi connectivity index (χ1n) is 7.84. The largest absolute Gasteiger partial charge is 0.484 e. The van der Waals surface area contributed by atoms with Crippen molar-refractivity contribution in [3.63, 3.8) is 0 Å². The number of benzene rings is 1. The summed E-state index contributed by atoms with van der Waals surface area (Å²) in [4.78, 5) is 25.8. The summed E-state index contributed by atoms with van der Waals surface area (Å²) in [5.74, 6) is -0.743. The molecule has 1 unspecified atom stereocenters. The molecule has 0 aromatic heterocycles. The van der Waals surface area contributed by atoms with Crippen LogP contribution >= 0.6 is 24.0 Å². The molecule has 1 aliphatic heterocycles. The molecule has 2 rings (SSSR count). The van der Waals surface area contributed by atoms with Gasteiger partial charge in [0, 0.05) is 32.2 Å². The molecule has 1 aromatic rings. The Hall–Kier alpha value is -1.57. The first-order chi connectivity index (χ1) is 11.5. The quantitative estimate of drug-likeness (QED) is 0.768. The molecule has 1 aromatic carbocycles. The van der Waals surface area contributed by atoms with Gasteiger partial charge in [0.05, 0.1) is 10.9 Å². The molecule has 0 radical (unpaired) electrons. The van der Waals surface area contributed by atoms with Crippen molar-refractivity contribution in [1.82, 2.24) is 10.2 Å². The van der Waals surface area contributed by atoms with E-state index in [-0.39, 0.29) is 41.8 Å². The SMILES string of the molecule is Cl.NCCNC(=O)C1CCCN(C(=O)COc2ccc(F)c(Cl)c2)C1. The molecule has 0 bridgehead atoms. The lowest BCUT2D eigenvalue weighted by molar-refractivity contribution is -0.137. The Morgan fingerprint density at radius 1 is 1.44 bits per heavy atom. The second-order valence-electron chi connectivity index (χ2n) is 5.62. The van der Waals surface area contributed by atoms with Crippen LogP contribution in [0.25, 0.3) is 0 Å². The second kappa shape index (κ2) is 10.4. The Bertz CT molecular complexity index is 604. The van der Waals surface area contributed by atoms with Crippen molar-refractivity contribution >= 4 is 35.8 Å². The summed E-state index contributed by atoms with van der Waals surface area (Å²) in [6, 6.07) is 3.91. The highest BCUT2D eigenvalue weighted by atomic mass is 35.5. The summed E-state index contributed by atoms with van der Waals surface area (Å²) in [7, 11) is 0. The topological polar surface area (TPSA) is 84.7 Å². The van der Waals surface area contributed by atoms with Crippen LogP contribution in [0.5, 0.6) is 5.75 Å². The normalized spacial score (nSPS) is 16.8. The van der Waals surface area contributed by atoms with Gasteiger partial charge >= 0.3 is 0 Å². The van der Waals surface area contributed by atoms with Crippen LogP contribution in [0.1, 0.15) is 12.8 Å². The molecule has 25 heavy (non-hydrogen) atoms.